The lowest BCUT2D eigenvalue weighted by molar-refractivity contribution is -0.274. The summed E-state index contributed by atoms with van der Waals surface area (Å²) in [5.74, 6) is -1.37. The van der Waals surface area contributed by atoms with Gasteiger partial charge in [-0.05, 0) is 57.2 Å². The molecule has 1 aromatic rings. The lowest BCUT2D eigenvalue weighted by Crippen LogP contribution is -2.37. The largest absolute Gasteiger partial charge is 0.573 e. The van der Waals surface area contributed by atoms with Crippen LogP contribution in [0.25, 0.3) is 0 Å². The number of amides is 1. The van der Waals surface area contributed by atoms with Crippen LogP contribution in [-0.2, 0) is 16.0 Å². The summed E-state index contributed by atoms with van der Waals surface area (Å²) in [4.78, 5) is 23.5. The van der Waals surface area contributed by atoms with Crippen molar-refractivity contribution in [2.45, 2.75) is 45.9 Å². The van der Waals surface area contributed by atoms with Gasteiger partial charge >= 0.3 is 12.3 Å². The van der Waals surface area contributed by atoms with Gasteiger partial charge in [0.1, 0.15) is 5.75 Å². The Morgan fingerprint density at radius 1 is 1.19 bits per heavy atom. The maximum atomic E-state index is 12.4. The van der Waals surface area contributed by atoms with Crippen molar-refractivity contribution in [2.75, 3.05) is 6.54 Å². The smallest absolute Gasteiger partial charge is 0.481 e. The molecule has 26 heavy (non-hydrogen) atoms. The van der Waals surface area contributed by atoms with Crippen LogP contribution in [0.3, 0.4) is 0 Å². The zero-order valence-corrected chi connectivity index (χ0v) is 14.7. The highest BCUT2D eigenvalue weighted by Gasteiger charge is 2.49. The van der Waals surface area contributed by atoms with E-state index < -0.39 is 23.2 Å². The molecule has 1 fully saturated rings. The lowest BCUT2D eigenvalue weighted by atomic mass is 9.89. The number of ether oxygens (including phenoxy) is 1. The number of carboxylic acid groups (broad SMARTS) is 1. The van der Waals surface area contributed by atoms with Gasteiger partial charge in [-0.25, -0.2) is 0 Å². The summed E-state index contributed by atoms with van der Waals surface area (Å²) >= 11 is 0. The van der Waals surface area contributed by atoms with E-state index in [1.165, 1.54) is 24.3 Å². The van der Waals surface area contributed by atoms with Crippen LogP contribution in [0.2, 0.25) is 0 Å². The first-order valence-electron chi connectivity index (χ1n) is 8.30. The van der Waals surface area contributed by atoms with Crippen LogP contribution < -0.4 is 10.1 Å². The average molecular weight is 373 g/mol. The molecule has 1 aliphatic rings. The monoisotopic (exact) mass is 373 g/mol. The number of carboxylic acids is 1. The zero-order chi connectivity index (χ0) is 19.6. The fraction of sp³-hybridized carbons (Fsp3) is 0.556. The third-order valence-electron chi connectivity index (χ3n) is 4.65. The van der Waals surface area contributed by atoms with Gasteiger partial charge in [-0.2, -0.15) is 0 Å². The first kappa shape index (κ1) is 20.1. The van der Waals surface area contributed by atoms with Gasteiger partial charge in [0.25, 0.3) is 0 Å². The predicted molar refractivity (Wildman–Crippen MR) is 87.5 cm³/mol. The Morgan fingerprint density at radius 3 is 2.23 bits per heavy atom. The van der Waals surface area contributed by atoms with E-state index in [4.69, 9.17) is 5.11 Å². The fourth-order valence-corrected chi connectivity index (χ4v) is 2.62. The summed E-state index contributed by atoms with van der Waals surface area (Å²) in [6, 6.07) is 5.49. The molecule has 1 aliphatic carbocycles. The molecular weight excluding hydrogens is 351 g/mol. The van der Waals surface area contributed by atoms with Gasteiger partial charge in [0.2, 0.25) is 5.91 Å². The molecule has 2 rings (SSSR count). The van der Waals surface area contributed by atoms with Crippen molar-refractivity contribution in [3.8, 4) is 5.75 Å². The number of nitrogens with one attached hydrogen (secondary N) is 1. The van der Waals surface area contributed by atoms with Crippen molar-refractivity contribution in [2.24, 2.45) is 10.8 Å². The van der Waals surface area contributed by atoms with Gasteiger partial charge in [0.15, 0.2) is 0 Å². The standard InChI is InChI=1S/C18H22F3NO4/c1-16(2,15(24)25)9-10-22-14(23)17(7-8-17)11-12-3-5-13(6-4-12)26-18(19,20)21/h3-6H,7-11H2,1-2H3,(H,22,23)(H,24,25). The molecular formula is C18H22F3NO4. The summed E-state index contributed by atoms with van der Waals surface area (Å²) in [5, 5.41) is 11.9. The number of rotatable bonds is 8. The second-order valence-electron chi connectivity index (χ2n) is 7.34. The summed E-state index contributed by atoms with van der Waals surface area (Å²) < 4.78 is 40.3. The van der Waals surface area contributed by atoms with Crippen LogP contribution in [0, 0.1) is 10.8 Å². The number of aliphatic carboxylic acids is 1. The predicted octanol–water partition coefficient (Wildman–Crippen LogP) is 3.53. The number of hydrogen-bond donors (Lipinski definition) is 2. The Balaban J connectivity index is 1.88. The van der Waals surface area contributed by atoms with Crippen molar-refractivity contribution >= 4 is 11.9 Å². The van der Waals surface area contributed by atoms with Gasteiger partial charge < -0.3 is 15.2 Å². The SMILES string of the molecule is CC(C)(CCNC(=O)C1(Cc2ccc(OC(F)(F)F)cc2)CC1)C(=O)O. The van der Waals surface area contributed by atoms with Crippen molar-refractivity contribution in [1.29, 1.82) is 0 Å². The van der Waals surface area contributed by atoms with E-state index in [9.17, 15) is 22.8 Å². The Morgan fingerprint density at radius 2 is 1.77 bits per heavy atom. The molecule has 0 bridgehead atoms. The van der Waals surface area contributed by atoms with Crippen molar-refractivity contribution in [1.82, 2.24) is 5.32 Å². The second kappa shape index (κ2) is 7.17. The molecule has 0 radical (unpaired) electrons. The van der Waals surface area contributed by atoms with Gasteiger partial charge in [-0.15, -0.1) is 13.2 Å². The highest BCUT2D eigenvalue weighted by Crippen LogP contribution is 2.48. The number of carbonyl (C=O) groups excluding carboxylic acids is 1. The highest BCUT2D eigenvalue weighted by atomic mass is 19.4. The maximum Gasteiger partial charge on any atom is 0.573 e. The fourth-order valence-electron chi connectivity index (χ4n) is 2.62. The van der Waals surface area contributed by atoms with Gasteiger partial charge in [0, 0.05) is 6.54 Å². The van der Waals surface area contributed by atoms with Crippen LogP contribution in [0.5, 0.6) is 5.75 Å². The Labute approximate surface area is 149 Å². The van der Waals surface area contributed by atoms with Gasteiger partial charge in [-0.1, -0.05) is 12.1 Å². The van der Waals surface area contributed by atoms with E-state index in [1.807, 2.05) is 0 Å². The minimum atomic E-state index is -4.73. The topological polar surface area (TPSA) is 75.6 Å². The number of carbonyl (C=O) groups is 2. The van der Waals surface area contributed by atoms with Crippen molar-refractivity contribution in [3.63, 3.8) is 0 Å². The summed E-state index contributed by atoms with van der Waals surface area (Å²) in [6.07, 6.45) is -2.60. The minimum Gasteiger partial charge on any atom is -0.481 e. The average Bonchev–Trinajstić information content (AvgIpc) is 3.28. The third-order valence-corrected chi connectivity index (χ3v) is 4.65. The molecule has 1 saturated carbocycles. The van der Waals surface area contributed by atoms with Crippen molar-refractivity contribution in [3.05, 3.63) is 29.8 Å². The van der Waals surface area contributed by atoms with E-state index in [0.717, 1.165) is 5.56 Å². The van der Waals surface area contributed by atoms with Crippen LogP contribution >= 0.6 is 0 Å². The summed E-state index contributed by atoms with van der Waals surface area (Å²) in [6.45, 7) is 3.45. The minimum absolute atomic E-state index is 0.144. The Hall–Kier alpha value is -2.25. The van der Waals surface area contributed by atoms with Crippen LogP contribution in [0.1, 0.15) is 38.7 Å². The quantitative estimate of drug-likeness (QED) is 0.731. The zero-order valence-electron chi connectivity index (χ0n) is 14.7. The summed E-state index contributed by atoms with van der Waals surface area (Å²) in [5.41, 5.74) is -0.726. The molecule has 0 heterocycles. The molecule has 5 nitrogen and oxygen atoms in total. The molecule has 0 aliphatic heterocycles. The molecule has 8 heteroatoms. The first-order valence-corrected chi connectivity index (χ1v) is 8.30. The molecule has 0 atom stereocenters. The van der Waals surface area contributed by atoms with Crippen LogP contribution in [0.15, 0.2) is 24.3 Å². The van der Waals surface area contributed by atoms with Gasteiger partial charge in [-0.3, -0.25) is 9.59 Å². The molecule has 1 amide bonds. The van der Waals surface area contributed by atoms with Crippen LogP contribution in [0.4, 0.5) is 13.2 Å². The number of hydrogen-bond acceptors (Lipinski definition) is 3. The number of halogens is 3. The second-order valence-corrected chi connectivity index (χ2v) is 7.34. The highest BCUT2D eigenvalue weighted by molar-refractivity contribution is 5.85. The normalized spacial score (nSPS) is 16.0. The van der Waals surface area contributed by atoms with E-state index in [1.54, 1.807) is 13.8 Å². The maximum absolute atomic E-state index is 12.4. The Kier molecular flexibility index (Phi) is 5.53. The number of alkyl halides is 3. The van der Waals surface area contributed by atoms with E-state index in [-0.39, 0.29) is 18.2 Å². The van der Waals surface area contributed by atoms with Crippen molar-refractivity contribution < 1.29 is 32.6 Å². The molecule has 1 aromatic carbocycles. The molecule has 0 aromatic heterocycles. The molecule has 144 valence electrons. The lowest BCUT2D eigenvalue weighted by Gasteiger charge is -2.21. The first-order chi connectivity index (χ1) is 11.9. The molecule has 0 unspecified atom stereocenters. The summed E-state index contributed by atoms with van der Waals surface area (Å²) in [7, 11) is 0. The van der Waals surface area contributed by atoms with Crippen LogP contribution in [-0.4, -0.2) is 29.9 Å². The number of benzene rings is 1. The third kappa shape index (κ3) is 5.37. The molecule has 0 saturated heterocycles. The Bertz CT molecular complexity index is 664. The van der Waals surface area contributed by atoms with E-state index in [0.29, 0.717) is 25.7 Å². The molecule has 2 N–H and O–H groups in total. The molecule has 0 spiro atoms. The van der Waals surface area contributed by atoms with E-state index in [2.05, 4.69) is 10.1 Å². The van der Waals surface area contributed by atoms with E-state index >= 15 is 0 Å². The van der Waals surface area contributed by atoms with Gasteiger partial charge in [0.05, 0.1) is 10.8 Å².